The molecule has 4 rings (SSSR count). The van der Waals surface area contributed by atoms with Crippen LogP contribution in [0.3, 0.4) is 0 Å². The number of amides is 1. The number of anilines is 1. The summed E-state index contributed by atoms with van der Waals surface area (Å²) in [6.07, 6.45) is 3.37. The Kier molecular flexibility index (Phi) is 5.35. The van der Waals surface area contributed by atoms with Gasteiger partial charge in [-0.3, -0.25) is 19.1 Å². The Bertz CT molecular complexity index is 915. The lowest BCUT2D eigenvalue weighted by Gasteiger charge is -2.36. The lowest BCUT2D eigenvalue weighted by atomic mass is 10.2. The molecule has 28 heavy (non-hydrogen) atoms. The molecule has 0 radical (unpaired) electrons. The topological polar surface area (TPSA) is 61.7 Å². The van der Waals surface area contributed by atoms with Gasteiger partial charge in [0.1, 0.15) is 0 Å². The third-order valence-corrected chi connectivity index (χ3v) is 5.92. The van der Waals surface area contributed by atoms with Crippen molar-refractivity contribution in [2.24, 2.45) is 0 Å². The predicted molar refractivity (Wildman–Crippen MR) is 111 cm³/mol. The second kappa shape index (κ2) is 7.91. The average Bonchev–Trinajstić information content (AvgIpc) is 3.11. The van der Waals surface area contributed by atoms with Crippen LogP contribution in [-0.2, 0) is 4.79 Å². The van der Waals surface area contributed by atoms with Crippen LogP contribution in [0.5, 0.6) is 0 Å². The molecule has 0 saturated carbocycles. The Labute approximate surface area is 165 Å². The van der Waals surface area contributed by atoms with Crippen molar-refractivity contribution in [3.05, 3.63) is 34.9 Å². The molecule has 7 heteroatoms. The van der Waals surface area contributed by atoms with Crippen LogP contribution in [0, 0.1) is 0 Å². The highest BCUT2D eigenvalue weighted by molar-refractivity contribution is 5.81. The number of rotatable bonds is 5. The summed E-state index contributed by atoms with van der Waals surface area (Å²) < 4.78 is 1.67. The van der Waals surface area contributed by atoms with Crippen LogP contribution in [0.4, 0.5) is 5.69 Å². The van der Waals surface area contributed by atoms with Crippen LogP contribution in [0.2, 0.25) is 0 Å². The standard InChI is InChI=1S/C21H29N5O2/c1-16(2)26-15-22-19-14-17(5-6-18(19)21(26)28)24-11-8-23(9-12-24)10-13-25-7-3-4-20(25)27/h5-6,14-16H,3-4,7-13H2,1-2H3. The molecule has 2 aromatic rings. The summed E-state index contributed by atoms with van der Waals surface area (Å²) in [6.45, 7) is 10.6. The fourth-order valence-corrected chi connectivity index (χ4v) is 4.12. The number of fused-ring (bicyclic) bond motifs is 1. The molecule has 0 unspecified atom stereocenters. The van der Waals surface area contributed by atoms with Gasteiger partial charge in [0.05, 0.1) is 17.2 Å². The van der Waals surface area contributed by atoms with Gasteiger partial charge in [-0.15, -0.1) is 0 Å². The van der Waals surface area contributed by atoms with Crippen LogP contribution >= 0.6 is 0 Å². The van der Waals surface area contributed by atoms with Crippen molar-refractivity contribution >= 4 is 22.5 Å². The number of hydrogen-bond donors (Lipinski definition) is 0. The van der Waals surface area contributed by atoms with E-state index in [1.807, 2.05) is 36.9 Å². The van der Waals surface area contributed by atoms with Gasteiger partial charge in [0.25, 0.3) is 5.56 Å². The third-order valence-electron chi connectivity index (χ3n) is 5.92. The highest BCUT2D eigenvalue weighted by atomic mass is 16.2. The number of hydrogen-bond acceptors (Lipinski definition) is 5. The van der Waals surface area contributed by atoms with Gasteiger partial charge in [-0.05, 0) is 38.5 Å². The summed E-state index contributed by atoms with van der Waals surface area (Å²) in [4.78, 5) is 35.6. The molecule has 2 aliphatic heterocycles. The maximum atomic E-state index is 12.6. The first-order valence-corrected chi connectivity index (χ1v) is 10.3. The SMILES string of the molecule is CC(C)n1cnc2cc(N3CCN(CCN4CCCC4=O)CC3)ccc2c1=O. The Morgan fingerprint density at radius 3 is 2.50 bits per heavy atom. The first-order chi connectivity index (χ1) is 13.5. The number of carbonyl (C=O) groups is 1. The van der Waals surface area contributed by atoms with E-state index in [4.69, 9.17) is 0 Å². The van der Waals surface area contributed by atoms with E-state index in [1.54, 1.807) is 10.9 Å². The minimum Gasteiger partial charge on any atom is -0.369 e. The highest BCUT2D eigenvalue weighted by Gasteiger charge is 2.22. The third kappa shape index (κ3) is 3.76. The van der Waals surface area contributed by atoms with Gasteiger partial charge >= 0.3 is 0 Å². The molecule has 0 bridgehead atoms. The monoisotopic (exact) mass is 383 g/mol. The molecule has 0 atom stereocenters. The first kappa shape index (κ1) is 18.9. The average molecular weight is 383 g/mol. The van der Waals surface area contributed by atoms with Crippen LogP contribution in [0.25, 0.3) is 10.9 Å². The molecule has 1 aromatic carbocycles. The summed E-state index contributed by atoms with van der Waals surface area (Å²) in [5, 5.41) is 0.675. The van der Waals surface area contributed by atoms with Crippen molar-refractivity contribution in [3.63, 3.8) is 0 Å². The number of piperazine rings is 1. The van der Waals surface area contributed by atoms with E-state index >= 15 is 0 Å². The fourth-order valence-electron chi connectivity index (χ4n) is 4.12. The minimum atomic E-state index is 0.0211. The summed E-state index contributed by atoms with van der Waals surface area (Å²) in [7, 11) is 0. The Balaban J connectivity index is 1.39. The number of nitrogens with zero attached hydrogens (tertiary/aromatic N) is 5. The minimum absolute atomic E-state index is 0.0211. The van der Waals surface area contributed by atoms with E-state index in [2.05, 4.69) is 14.8 Å². The summed E-state index contributed by atoms with van der Waals surface area (Å²) >= 11 is 0. The van der Waals surface area contributed by atoms with E-state index in [0.29, 0.717) is 17.7 Å². The van der Waals surface area contributed by atoms with E-state index in [9.17, 15) is 9.59 Å². The second-order valence-corrected chi connectivity index (χ2v) is 8.07. The molecule has 1 aromatic heterocycles. The van der Waals surface area contributed by atoms with Crippen molar-refractivity contribution in [2.75, 3.05) is 50.7 Å². The van der Waals surface area contributed by atoms with Crippen molar-refractivity contribution in [1.29, 1.82) is 0 Å². The maximum absolute atomic E-state index is 12.6. The first-order valence-electron chi connectivity index (χ1n) is 10.3. The normalized spacial score (nSPS) is 18.6. The van der Waals surface area contributed by atoms with Gasteiger partial charge in [0, 0.05) is 64.0 Å². The summed E-state index contributed by atoms with van der Waals surface area (Å²) in [5.74, 6) is 0.304. The zero-order chi connectivity index (χ0) is 19.7. The zero-order valence-corrected chi connectivity index (χ0v) is 16.8. The molecule has 0 N–H and O–H groups in total. The van der Waals surface area contributed by atoms with Gasteiger partial charge in [-0.1, -0.05) is 0 Å². The van der Waals surface area contributed by atoms with Crippen LogP contribution in [0.15, 0.2) is 29.3 Å². The molecule has 2 saturated heterocycles. The van der Waals surface area contributed by atoms with Gasteiger partial charge in [0.2, 0.25) is 5.91 Å². The molecular formula is C21H29N5O2. The van der Waals surface area contributed by atoms with E-state index in [-0.39, 0.29) is 11.6 Å². The lowest BCUT2D eigenvalue weighted by Crippen LogP contribution is -2.48. The molecule has 2 fully saturated rings. The molecule has 0 aliphatic carbocycles. The largest absolute Gasteiger partial charge is 0.369 e. The van der Waals surface area contributed by atoms with Gasteiger partial charge in [-0.25, -0.2) is 4.98 Å². The highest BCUT2D eigenvalue weighted by Crippen LogP contribution is 2.21. The molecule has 0 spiro atoms. The van der Waals surface area contributed by atoms with Crippen molar-refractivity contribution in [3.8, 4) is 0 Å². The Morgan fingerprint density at radius 2 is 1.82 bits per heavy atom. The Hall–Kier alpha value is -2.41. The van der Waals surface area contributed by atoms with Crippen LogP contribution in [-0.4, -0.2) is 71.1 Å². The molecule has 7 nitrogen and oxygen atoms in total. The van der Waals surface area contributed by atoms with Crippen molar-refractivity contribution in [1.82, 2.24) is 19.4 Å². The van der Waals surface area contributed by atoms with Crippen molar-refractivity contribution in [2.45, 2.75) is 32.7 Å². The predicted octanol–water partition coefficient (Wildman–Crippen LogP) is 1.72. The van der Waals surface area contributed by atoms with Crippen LogP contribution < -0.4 is 10.5 Å². The number of carbonyl (C=O) groups excluding carboxylic acids is 1. The van der Waals surface area contributed by atoms with Gasteiger partial charge in [0.15, 0.2) is 0 Å². The molecule has 150 valence electrons. The smallest absolute Gasteiger partial charge is 0.261 e. The number of likely N-dealkylation sites (tertiary alicyclic amines) is 1. The quantitative estimate of drug-likeness (QED) is 0.787. The van der Waals surface area contributed by atoms with E-state index < -0.39 is 0 Å². The van der Waals surface area contributed by atoms with E-state index in [0.717, 1.165) is 63.4 Å². The van der Waals surface area contributed by atoms with Crippen molar-refractivity contribution < 1.29 is 4.79 Å². The summed E-state index contributed by atoms with van der Waals surface area (Å²) in [6, 6.07) is 6.08. The fraction of sp³-hybridized carbons (Fsp3) is 0.571. The maximum Gasteiger partial charge on any atom is 0.261 e. The molecular weight excluding hydrogens is 354 g/mol. The molecule has 1 amide bonds. The number of aromatic nitrogens is 2. The Morgan fingerprint density at radius 1 is 1.04 bits per heavy atom. The summed E-state index contributed by atoms with van der Waals surface area (Å²) in [5.41, 5.74) is 1.90. The van der Waals surface area contributed by atoms with Crippen LogP contribution in [0.1, 0.15) is 32.7 Å². The lowest BCUT2D eigenvalue weighted by molar-refractivity contribution is -0.127. The van der Waals surface area contributed by atoms with Gasteiger partial charge in [-0.2, -0.15) is 0 Å². The molecule has 3 heterocycles. The molecule has 2 aliphatic rings. The van der Waals surface area contributed by atoms with E-state index in [1.165, 1.54) is 0 Å². The second-order valence-electron chi connectivity index (χ2n) is 8.07. The number of benzene rings is 1. The van der Waals surface area contributed by atoms with Gasteiger partial charge < -0.3 is 9.80 Å². The zero-order valence-electron chi connectivity index (χ0n) is 16.8.